The van der Waals surface area contributed by atoms with E-state index in [1.807, 2.05) is 32.0 Å². The van der Waals surface area contributed by atoms with Crippen LogP contribution in [-0.2, 0) is 4.79 Å². The molecule has 0 spiro atoms. The number of benzene rings is 1. The van der Waals surface area contributed by atoms with E-state index < -0.39 is 0 Å². The van der Waals surface area contributed by atoms with Gasteiger partial charge >= 0.3 is 0 Å². The van der Waals surface area contributed by atoms with E-state index in [4.69, 9.17) is 5.73 Å². The standard InChI is InChI=1S/C21H20N6OS/c1-12-5-4-6-18(24-12)13(2)29-21-26-19(17(11-22)20(23)27-21)15-7-9-16(10-8-15)25-14(3)28/h4-10,13H,1-3H3,(H,25,28)(H2,23,26,27). The Morgan fingerprint density at radius 1 is 1.17 bits per heavy atom. The van der Waals surface area contributed by atoms with Crippen LogP contribution >= 0.6 is 11.8 Å². The third-order valence-electron chi connectivity index (χ3n) is 4.12. The number of nitrogens with one attached hydrogen (secondary N) is 1. The second-order valence-corrected chi connectivity index (χ2v) is 7.76. The first-order valence-corrected chi connectivity index (χ1v) is 9.81. The Bertz CT molecular complexity index is 1090. The van der Waals surface area contributed by atoms with Gasteiger partial charge in [-0.25, -0.2) is 9.97 Å². The summed E-state index contributed by atoms with van der Waals surface area (Å²) in [7, 11) is 0. The van der Waals surface area contributed by atoms with Crippen molar-refractivity contribution < 1.29 is 4.79 Å². The Hall–Kier alpha value is -3.44. The van der Waals surface area contributed by atoms with E-state index in [1.54, 1.807) is 24.3 Å². The molecule has 0 radical (unpaired) electrons. The van der Waals surface area contributed by atoms with E-state index >= 15 is 0 Å². The number of hydrogen-bond acceptors (Lipinski definition) is 7. The lowest BCUT2D eigenvalue weighted by atomic mass is 10.1. The monoisotopic (exact) mass is 404 g/mol. The summed E-state index contributed by atoms with van der Waals surface area (Å²) < 4.78 is 0. The van der Waals surface area contributed by atoms with Crippen molar-refractivity contribution in [2.24, 2.45) is 0 Å². The SMILES string of the molecule is CC(=O)Nc1ccc(-c2nc(SC(C)c3cccc(C)n3)nc(N)c2C#N)cc1. The highest BCUT2D eigenvalue weighted by molar-refractivity contribution is 7.99. The molecule has 0 saturated carbocycles. The van der Waals surface area contributed by atoms with Gasteiger partial charge in [0.2, 0.25) is 5.91 Å². The number of carbonyl (C=O) groups is 1. The summed E-state index contributed by atoms with van der Waals surface area (Å²) in [6, 6.07) is 15.0. The van der Waals surface area contributed by atoms with Gasteiger partial charge in [-0.2, -0.15) is 5.26 Å². The van der Waals surface area contributed by atoms with Gasteiger partial charge in [-0.3, -0.25) is 9.78 Å². The zero-order valence-corrected chi connectivity index (χ0v) is 17.1. The number of nitrogens with zero attached hydrogens (tertiary/aromatic N) is 4. The number of thioether (sulfide) groups is 1. The van der Waals surface area contributed by atoms with E-state index in [0.717, 1.165) is 11.4 Å². The third kappa shape index (κ3) is 4.89. The molecule has 1 unspecified atom stereocenters. The number of nitriles is 1. The van der Waals surface area contributed by atoms with Crippen LogP contribution in [0.25, 0.3) is 11.3 Å². The molecule has 29 heavy (non-hydrogen) atoms. The minimum atomic E-state index is -0.154. The molecular formula is C21H20N6OS. The van der Waals surface area contributed by atoms with Gasteiger partial charge in [0.15, 0.2) is 5.16 Å². The van der Waals surface area contributed by atoms with E-state index in [9.17, 15) is 10.1 Å². The number of pyridine rings is 1. The number of aryl methyl sites for hydroxylation is 1. The zero-order valence-electron chi connectivity index (χ0n) is 16.3. The van der Waals surface area contributed by atoms with E-state index in [1.165, 1.54) is 18.7 Å². The molecule has 2 heterocycles. The molecule has 2 aromatic heterocycles. The second-order valence-electron chi connectivity index (χ2n) is 6.45. The molecule has 146 valence electrons. The molecule has 0 saturated heterocycles. The molecule has 1 amide bonds. The fourth-order valence-corrected chi connectivity index (χ4v) is 3.62. The first-order chi connectivity index (χ1) is 13.9. The average molecular weight is 404 g/mol. The van der Waals surface area contributed by atoms with Gasteiger partial charge in [0.1, 0.15) is 17.5 Å². The second kappa shape index (κ2) is 8.71. The van der Waals surface area contributed by atoms with Crippen LogP contribution in [-0.4, -0.2) is 20.9 Å². The predicted molar refractivity (Wildman–Crippen MR) is 114 cm³/mol. The summed E-state index contributed by atoms with van der Waals surface area (Å²) in [5.74, 6) is -0.0190. The van der Waals surface area contributed by atoms with Crippen LogP contribution in [0.15, 0.2) is 47.6 Å². The fourth-order valence-electron chi connectivity index (χ4n) is 2.75. The highest BCUT2D eigenvalue weighted by atomic mass is 32.2. The summed E-state index contributed by atoms with van der Waals surface area (Å²) in [6.07, 6.45) is 0. The number of carbonyl (C=O) groups excluding carboxylic acids is 1. The first kappa shape index (κ1) is 20.3. The number of aromatic nitrogens is 3. The van der Waals surface area contributed by atoms with Crippen LogP contribution in [0.2, 0.25) is 0 Å². The van der Waals surface area contributed by atoms with Gasteiger partial charge in [0, 0.05) is 23.9 Å². The maximum Gasteiger partial charge on any atom is 0.221 e. The van der Waals surface area contributed by atoms with Gasteiger partial charge < -0.3 is 11.1 Å². The number of nitrogens with two attached hydrogens (primary N) is 1. The highest BCUT2D eigenvalue weighted by Gasteiger charge is 2.17. The molecule has 3 aromatic rings. The summed E-state index contributed by atoms with van der Waals surface area (Å²) in [5, 5.41) is 12.7. The predicted octanol–water partition coefficient (Wildman–Crippen LogP) is 4.11. The highest BCUT2D eigenvalue weighted by Crippen LogP contribution is 2.35. The largest absolute Gasteiger partial charge is 0.382 e. The maximum absolute atomic E-state index is 11.2. The normalized spacial score (nSPS) is 11.5. The third-order valence-corrected chi connectivity index (χ3v) is 5.10. The molecule has 0 aliphatic carbocycles. The smallest absolute Gasteiger partial charge is 0.221 e. The van der Waals surface area contributed by atoms with Crippen molar-refractivity contribution in [3.63, 3.8) is 0 Å². The Morgan fingerprint density at radius 2 is 1.90 bits per heavy atom. The van der Waals surface area contributed by atoms with Gasteiger partial charge in [-0.05, 0) is 38.1 Å². The number of rotatable bonds is 5. The fraction of sp³-hybridized carbons (Fsp3) is 0.190. The molecule has 3 N–H and O–H groups in total. The van der Waals surface area contributed by atoms with Crippen molar-refractivity contribution in [3.05, 3.63) is 59.4 Å². The van der Waals surface area contributed by atoms with Crippen LogP contribution in [0.4, 0.5) is 11.5 Å². The van der Waals surface area contributed by atoms with Crippen LogP contribution in [0, 0.1) is 18.3 Å². The molecule has 0 bridgehead atoms. The molecule has 0 aliphatic heterocycles. The Labute approximate surface area is 173 Å². The lowest BCUT2D eigenvalue weighted by Crippen LogP contribution is -2.06. The van der Waals surface area contributed by atoms with E-state index in [0.29, 0.717) is 22.1 Å². The van der Waals surface area contributed by atoms with Crippen LogP contribution in [0.1, 0.15) is 36.0 Å². The van der Waals surface area contributed by atoms with Crippen molar-refractivity contribution in [3.8, 4) is 17.3 Å². The molecule has 8 heteroatoms. The summed E-state index contributed by atoms with van der Waals surface area (Å²) in [4.78, 5) is 24.6. The minimum Gasteiger partial charge on any atom is -0.382 e. The summed E-state index contributed by atoms with van der Waals surface area (Å²) >= 11 is 1.43. The van der Waals surface area contributed by atoms with Crippen molar-refractivity contribution in [1.29, 1.82) is 5.26 Å². The van der Waals surface area contributed by atoms with E-state index in [-0.39, 0.29) is 22.5 Å². The van der Waals surface area contributed by atoms with Gasteiger partial charge in [-0.15, -0.1) is 0 Å². The summed E-state index contributed by atoms with van der Waals surface area (Å²) in [6.45, 7) is 5.41. The van der Waals surface area contributed by atoms with Crippen molar-refractivity contribution >= 4 is 29.2 Å². The lowest BCUT2D eigenvalue weighted by Gasteiger charge is -2.13. The van der Waals surface area contributed by atoms with Crippen LogP contribution in [0.3, 0.4) is 0 Å². The minimum absolute atomic E-state index is 0.0113. The van der Waals surface area contributed by atoms with Crippen LogP contribution in [0.5, 0.6) is 0 Å². The lowest BCUT2D eigenvalue weighted by molar-refractivity contribution is -0.114. The van der Waals surface area contributed by atoms with Gasteiger partial charge in [0.05, 0.1) is 16.6 Å². The Morgan fingerprint density at radius 3 is 2.52 bits per heavy atom. The molecule has 0 aliphatic rings. The number of hydrogen-bond donors (Lipinski definition) is 2. The van der Waals surface area contributed by atoms with Crippen LogP contribution < -0.4 is 11.1 Å². The van der Waals surface area contributed by atoms with Gasteiger partial charge in [-0.1, -0.05) is 30.0 Å². The molecule has 1 aromatic carbocycles. The molecule has 7 nitrogen and oxygen atoms in total. The zero-order chi connectivity index (χ0) is 21.0. The maximum atomic E-state index is 11.2. The molecule has 3 rings (SSSR count). The van der Waals surface area contributed by atoms with Crippen molar-refractivity contribution in [1.82, 2.24) is 15.0 Å². The topological polar surface area (TPSA) is 118 Å². The van der Waals surface area contributed by atoms with Crippen molar-refractivity contribution in [2.45, 2.75) is 31.2 Å². The molecule has 0 fully saturated rings. The number of amides is 1. The Balaban J connectivity index is 1.94. The molecule has 1 atom stereocenters. The first-order valence-electron chi connectivity index (χ1n) is 8.93. The van der Waals surface area contributed by atoms with E-state index in [2.05, 4.69) is 26.3 Å². The molecular weight excluding hydrogens is 384 g/mol. The quantitative estimate of drug-likeness (QED) is 0.485. The number of nitrogen functional groups attached to an aromatic ring is 1. The Kier molecular flexibility index (Phi) is 6.10. The van der Waals surface area contributed by atoms with Gasteiger partial charge in [0.25, 0.3) is 0 Å². The average Bonchev–Trinajstić information content (AvgIpc) is 2.67. The number of anilines is 2. The van der Waals surface area contributed by atoms with Crippen molar-refractivity contribution in [2.75, 3.05) is 11.1 Å². The summed E-state index contributed by atoms with van der Waals surface area (Å²) in [5.41, 5.74) is 9.97.